The molecule has 1 rings (SSSR count). The zero-order valence-electron chi connectivity index (χ0n) is 10.1. The van der Waals surface area contributed by atoms with Gasteiger partial charge < -0.3 is 4.74 Å². The minimum atomic E-state index is 0.338. The maximum Gasteiger partial charge on any atom is 0.120 e. The van der Waals surface area contributed by atoms with Crippen molar-refractivity contribution in [3.63, 3.8) is 0 Å². The van der Waals surface area contributed by atoms with E-state index < -0.39 is 0 Å². The van der Waals surface area contributed by atoms with Crippen molar-refractivity contribution in [2.45, 2.75) is 32.6 Å². The molecular formula is C13H18ClNO2. The summed E-state index contributed by atoms with van der Waals surface area (Å²) in [5.74, 6) is 0.806. The zero-order chi connectivity index (χ0) is 12.5. The van der Waals surface area contributed by atoms with Crippen LogP contribution < -0.4 is 4.74 Å². The van der Waals surface area contributed by atoms with Crippen LogP contribution in [0.15, 0.2) is 23.4 Å². The molecule has 0 radical (unpaired) electrons. The number of aryl methyl sites for hydroxylation is 1. The number of ether oxygens (including phenoxy) is 1. The Morgan fingerprint density at radius 1 is 1.35 bits per heavy atom. The molecule has 4 heteroatoms. The first-order valence-corrected chi connectivity index (χ1v) is 6.36. The van der Waals surface area contributed by atoms with Crippen molar-refractivity contribution in [3.05, 3.63) is 33.7 Å². The van der Waals surface area contributed by atoms with E-state index in [2.05, 4.69) is 12.1 Å². The van der Waals surface area contributed by atoms with Crippen LogP contribution in [0.5, 0.6) is 5.75 Å². The molecule has 94 valence electrons. The van der Waals surface area contributed by atoms with Crippen LogP contribution in [0.1, 0.15) is 31.7 Å². The van der Waals surface area contributed by atoms with Crippen LogP contribution in [0.25, 0.3) is 0 Å². The molecule has 0 aliphatic heterocycles. The predicted octanol–water partition coefficient (Wildman–Crippen LogP) is 4.22. The Balaban J connectivity index is 2.50. The summed E-state index contributed by atoms with van der Waals surface area (Å²) >= 11 is 6.13. The largest absolute Gasteiger partial charge is 0.494 e. The van der Waals surface area contributed by atoms with Crippen molar-refractivity contribution >= 4 is 11.6 Å². The summed E-state index contributed by atoms with van der Waals surface area (Å²) in [6, 6.07) is 5.71. The highest BCUT2D eigenvalue weighted by atomic mass is 35.5. The Labute approximate surface area is 107 Å². The molecule has 17 heavy (non-hydrogen) atoms. The van der Waals surface area contributed by atoms with Gasteiger partial charge in [-0.25, -0.2) is 0 Å². The second-order valence-electron chi connectivity index (χ2n) is 3.91. The lowest BCUT2D eigenvalue weighted by Gasteiger charge is -2.08. The summed E-state index contributed by atoms with van der Waals surface area (Å²) in [5, 5.41) is 3.53. The molecule has 0 fully saturated rings. The number of halogens is 1. The Hall–Kier alpha value is -1.09. The van der Waals surface area contributed by atoms with Gasteiger partial charge in [-0.15, -0.1) is 0 Å². The fourth-order valence-electron chi connectivity index (χ4n) is 1.49. The lowest BCUT2D eigenvalue weighted by atomic mass is 10.1. The minimum Gasteiger partial charge on any atom is -0.494 e. The van der Waals surface area contributed by atoms with E-state index in [0.717, 1.165) is 43.6 Å². The molecule has 0 heterocycles. The van der Waals surface area contributed by atoms with E-state index in [0.29, 0.717) is 11.6 Å². The summed E-state index contributed by atoms with van der Waals surface area (Å²) in [6.45, 7) is 3.19. The van der Waals surface area contributed by atoms with Crippen molar-refractivity contribution < 1.29 is 4.74 Å². The molecule has 0 spiro atoms. The normalized spacial score (nSPS) is 10.2. The van der Waals surface area contributed by atoms with Gasteiger partial charge in [-0.2, -0.15) is 4.91 Å². The fourth-order valence-corrected chi connectivity index (χ4v) is 1.75. The second kappa shape index (κ2) is 8.07. The topological polar surface area (TPSA) is 38.7 Å². The van der Waals surface area contributed by atoms with E-state index in [1.165, 1.54) is 0 Å². The van der Waals surface area contributed by atoms with E-state index in [9.17, 15) is 4.91 Å². The summed E-state index contributed by atoms with van der Waals surface area (Å²) in [7, 11) is 0. The van der Waals surface area contributed by atoms with Gasteiger partial charge in [0.25, 0.3) is 0 Å². The quantitative estimate of drug-likeness (QED) is 0.515. The summed E-state index contributed by atoms with van der Waals surface area (Å²) in [4.78, 5) is 9.98. The number of hydrogen-bond donors (Lipinski definition) is 0. The molecule has 0 aromatic heterocycles. The zero-order valence-corrected chi connectivity index (χ0v) is 10.9. The minimum absolute atomic E-state index is 0.338. The van der Waals surface area contributed by atoms with Gasteiger partial charge in [0, 0.05) is 5.02 Å². The van der Waals surface area contributed by atoms with Crippen LogP contribution in [0, 0.1) is 4.91 Å². The van der Waals surface area contributed by atoms with Crippen molar-refractivity contribution in [1.82, 2.24) is 0 Å². The van der Waals surface area contributed by atoms with Gasteiger partial charge in [-0.1, -0.05) is 36.2 Å². The predicted molar refractivity (Wildman–Crippen MR) is 70.8 cm³/mol. The Morgan fingerprint density at radius 2 is 2.18 bits per heavy atom. The van der Waals surface area contributed by atoms with E-state index in [4.69, 9.17) is 16.3 Å². The first-order chi connectivity index (χ1) is 8.27. The van der Waals surface area contributed by atoms with Crippen LogP contribution in [-0.4, -0.2) is 13.2 Å². The molecular weight excluding hydrogens is 238 g/mol. The summed E-state index contributed by atoms with van der Waals surface area (Å²) in [6.07, 6.45) is 3.67. The monoisotopic (exact) mass is 255 g/mol. The maximum absolute atomic E-state index is 9.98. The first kappa shape index (κ1) is 14.0. The Bertz CT molecular complexity index is 355. The Morgan fingerprint density at radius 3 is 2.82 bits per heavy atom. The highest BCUT2D eigenvalue weighted by Gasteiger charge is 2.02. The summed E-state index contributed by atoms with van der Waals surface area (Å²) < 4.78 is 5.55. The van der Waals surface area contributed by atoms with Crippen LogP contribution >= 0.6 is 11.6 Å². The highest BCUT2D eigenvalue weighted by molar-refractivity contribution is 6.31. The number of unbranched alkanes of at least 4 members (excludes halogenated alkanes) is 1. The fraction of sp³-hybridized carbons (Fsp3) is 0.538. The van der Waals surface area contributed by atoms with Gasteiger partial charge in [-0.05, 0) is 37.0 Å². The second-order valence-corrected chi connectivity index (χ2v) is 4.32. The maximum atomic E-state index is 9.98. The van der Waals surface area contributed by atoms with Gasteiger partial charge >= 0.3 is 0 Å². The number of nitroso groups, excluding NO2 is 1. The molecule has 0 aliphatic rings. The highest BCUT2D eigenvalue weighted by Crippen LogP contribution is 2.23. The van der Waals surface area contributed by atoms with Crippen LogP contribution in [-0.2, 0) is 6.42 Å². The van der Waals surface area contributed by atoms with Gasteiger partial charge in [-0.3, -0.25) is 0 Å². The van der Waals surface area contributed by atoms with E-state index in [1.807, 2.05) is 18.2 Å². The van der Waals surface area contributed by atoms with E-state index in [1.54, 1.807) is 0 Å². The summed E-state index contributed by atoms with van der Waals surface area (Å²) in [5.41, 5.74) is 1.04. The van der Waals surface area contributed by atoms with Gasteiger partial charge in [0.2, 0.25) is 0 Å². The molecule has 0 saturated heterocycles. The van der Waals surface area contributed by atoms with Gasteiger partial charge in [0.1, 0.15) is 5.75 Å². The SMILES string of the molecule is CCCCOc1ccc(CCCN=O)c(Cl)c1. The molecule has 0 bridgehead atoms. The molecule has 1 aromatic carbocycles. The third-order valence-corrected chi connectivity index (χ3v) is 2.84. The third kappa shape index (κ3) is 5.18. The van der Waals surface area contributed by atoms with E-state index in [-0.39, 0.29) is 0 Å². The van der Waals surface area contributed by atoms with Crippen LogP contribution in [0.3, 0.4) is 0 Å². The third-order valence-electron chi connectivity index (χ3n) is 2.49. The molecule has 0 amide bonds. The number of nitrogens with zero attached hydrogens (tertiary/aromatic N) is 1. The molecule has 0 unspecified atom stereocenters. The molecule has 1 aromatic rings. The molecule has 0 atom stereocenters. The lowest BCUT2D eigenvalue weighted by molar-refractivity contribution is 0.309. The average molecular weight is 256 g/mol. The molecule has 0 N–H and O–H groups in total. The molecule has 0 saturated carbocycles. The molecule has 3 nitrogen and oxygen atoms in total. The van der Waals surface area contributed by atoms with Crippen LogP contribution in [0.2, 0.25) is 5.02 Å². The van der Waals surface area contributed by atoms with Crippen molar-refractivity contribution in [2.75, 3.05) is 13.2 Å². The first-order valence-electron chi connectivity index (χ1n) is 5.98. The van der Waals surface area contributed by atoms with E-state index >= 15 is 0 Å². The van der Waals surface area contributed by atoms with Crippen molar-refractivity contribution in [3.8, 4) is 5.75 Å². The number of benzene rings is 1. The average Bonchev–Trinajstić information content (AvgIpc) is 2.32. The smallest absolute Gasteiger partial charge is 0.120 e. The number of rotatable bonds is 8. The number of hydrogen-bond acceptors (Lipinski definition) is 3. The van der Waals surface area contributed by atoms with Crippen molar-refractivity contribution in [1.29, 1.82) is 0 Å². The van der Waals surface area contributed by atoms with Gasteiger partial charge in [0.15, 0.2) is 0 Å². The Kier molecular flexibility index (Phi) is 6.63. The molecule has 0 aliphatic carbocycles. The van der Waals surface area contributed by atoms with Crippen LogP contribution in [0.4, 0.5) is 0 Å². The van der Waals surface area contributed by atoms with Gasteiger partial charge in [0.05, 0.1) is 13.2 Å². The lowest BCUT2D eigenvalue weighted by Crippen LogP contribution is -1.97. The van der Waals surface area contributed by atoms with Crippen molar-refractivity contribution in [2.24, 2.45) is 5.18 Å². The standard InChI is InChI=1S/C13H18ClNO2/c1-2-3-9-17-12-7-6-11(13(14)10-12)5-4-8-15-16/h6-7,10H,2-5,8-9H2,1H3.